The maximum atomic E-state index is 9.69. The smallest absolute Gasteiger partial charge is 0.137 e. The van der Waals surface area contributed by atoms with Gasteiger partial charge >= 0.3 is 0 Å². The quantitative estimate of drug-likeness (QED) is 0.408. The number of halogens is 2. The van der Waals surface area contributed by atoms with Crippen molar-refractivity contribution in [3.63, 3.8) is 0 Å². The Kier molecular flexibility index (Phi) is 8.37. The fraction of sp³-hybridized carbons (Fsp3) is 0.571. The Balaban J connectivity index is 2.27. The maximum Gasteiger partial charge on any atom is 0.137 e. The zero-order valence-electron chi connectivity index (χ0n) is 10.7. The van der Waals surface area contributed by atoms with E-state index in [9.17, 15) is 5.11 Å². The van der Waals surface area contributed by atoms with Crippen molar-refractivity contribution in [2.24, 2.45) is 0 Å². The van der Waals surface area contributed by atoms with Gasteiger partial charge in [-0.3, -0.25) is 0 Å². The normalized spacial score (nSPS) is 10.6. The summed E-state index contributed by atoms with van der Waals surface area (Å²) in [5, 5.41) is 9.69. The number of ether oxygens (including phenoxy) is 1. The fourth-order valence-corrected chi connectivity index (χ4v) is 2.76. The van der Waals surface area contributed by atoms with Crippen LogP contribution in [0.5, 0.6) is 11.5 Å². The van der Waals surface area contributed by atoms with E-state index in [1.165, 1.54) is 32.1 Å². The molecule has 0 saturated heterocycles. The second-order valence-corrected chi connectivity index (χ2v) is 6.68. The highest BCUT2D eigenvalue weighted by Crippen LogP contribution is 2.31. The molecular weight excluding hydrogens is 454 g/mol. The van der Waals surface area contributed by atoms with Crippen LogP contribution < -0.4 is 4.74 Å². The first-order valence-corrected chi connectivity index (χ1v) is 8.61. The summed E-state index contributed by atoms with van der Waals surface area (Å²) >= 11 is 4.31. The van der Waals surface area contributed by atoms with Crippen molar-refractivity contribution in [1.29, 1.82) is 0 Å². The lowest BCUT2D eigenvalue weighted by atomic mass is 10.1. The number of aromatic hydroxyl groups is 1. The number of rotatable bonds is 8. The summed E-state index contributed by atoms with van der Waals surface area (Å²) in [6, 6.07) is 3.72. The highest BCUT2D eigenvalue weighted by molar-refractivity contribution is 14.1. The van der Waals surface area contributed by atoms with Gasteiger partial charge < -0.3 is 9.84 Å². The molecule has 0 amide bonds. The molecule has 0 bridgehead atoms. The SMILES string of the molecule is CCCCCCCCOc1cc(I)cc(O)c1I. The molecule has 4 heteroatoms. The van der Waals surface area contributed by atoms with E-state index in [-0.39, 0.29) is 0 Å². The van der Waals surface area contributed by atoms with E-state index in [0.717, 1.165) is 25.9 Å². The summed E-state index contributed by atoms with van der Waals surface area (Å²) in [6.07, 6.45) is 7.57. The minimum atomic E-state index is 0.306. The van der Waals surface area contributed by atoms with Gasteiger partial charge in [0, 0.05) is 3.57 Å². The highest BCUT2D eigenvalue weighted by atomic mass is 127. The third-order valence-electron chi connectivity index (χ3n) is 2.74. The molecule has 0 aliphatic carbocycles. The van der Waals surface area contributed by atoms with E-state index in [0.29, 0.717) is 5.75 Å². The molecule has 0 radical (unpaired) electrons. The number of phenolic OH excluding ortho intramolecular Hbond substituents is 1. The average Bonchev–Trinajstić information content (AvgIpc) is 2.33. The summed E-state index contributed by atoms with van der Waals surface area (Å²) in [5.74, 6) is 1.11. The number of benzene rings is 1. The van der Waals surface area contributed by atoms with E-state index < -0.39 is 0 Å². The topological polar surface area (TPSA) is 29.5 Å². The zero-order valence-corrected chi connectivity index (χ0v) is 15.0. The lowest BCUT2D eigenvalue weighted by Gasteiger charge is -2.10. The van der Waals surface area contributed by atoms with Gasteiger partial charge in [-0.05, 0) is 63.7 Å². The van der Waals surface area contributed by atoms with Gasteiger partial charge in [-0.15, -0.1) is 0 Å². The Morgan fingerprint density at radius 3 is 2.44 bits per heavy atom. The predicted octanol–water partition coefficient (Wildman–Crippen LogP) is 5.34. The lowest BCUT2D eigenvalue weighted by molar-refractivity contribution is 0.300. The Bertz CT molecular complexity index is 367. The third kappa shape index (κ3) is 5.95. The molecule has 0 fully saturated rings. The summed E-state index contributed by atoms with van der Waals surface area (Å²) < 4.78 is 7.54. The van der Waals surface area contributed by atoms with Crippen LogP contribution in [0.2, 0.25) is 0 Å². The van der Waals surface area contributed by atoms with Gasteiger partial charge in [-0.2, -0.15) is 0 Å². The summed E-state index contributed by atoms with van der Waals surface area (Å²) in [7, 11) is 0. The average molecular weight is 474 g/mol. The highest BCUT2D eigenvalue weighted by Gasteiger charge is 2.07. The molecule has 102 valence electrons. The second kappa shape index (κ2) is 9.23. The first kappa shape index (κ1) is 16.3. The molecule has 1 aromatic rings. The molecule has 0 unspecified atom stereocenters. The minimum absolute atomic E-state index is 0.306. The third-order valence-corrected chi connectivity index (χ3v) is 4.45. The van der Waals surface area contributed by atoms with Gasteiger partial charge in [-0.25, -0.2) is 0 Å². The standard InChI is InChI=1S/C14H20I2O2/c1-2-3-4-5-6-7-8-18-13-10-11(15)9-12(17)14(13)16/h9-10,17H,2-8H2,1H3. The number of phenols is 1. The molecule has 0 atom stereocenters. The van der Waals surface area contributed by atoms with Crippen LogP contribution in [0.1, 0.15) is 45.4 Å². The van der Waals surface area contributed by atoms with E-state index in [2.05, 4.69) is 52.1 Å². The largest absolute Gasteiger partial charge is 0.507 e. The van der Waals surface area contributed by atoms with Crippen molar-refractivity contribution >= 4 is 45.2 Å². The van der Waals surface area contributed by atoms with Gasteiger partial charge in [0.1, 0.15) is 11.5 Å². The molecule has 1 aromatic carbocycles. The summed E-state index contributed by atoms with van der Waals surface area (Å²) in [4.78, 5) is 0. The van der Waals surface area contributed by atoms with Crippen LogP contribution in [0.3, 0.4) is 0 Å². The zero-order chi connectivity index (χ0) is 13.4. The molecule has 0 saturated carbocycles. The number of unbranched alkanes of at least 4 members (excludes halogenated alkanes) is 5. The second-order valence-electron chi connectivity index (χ2n) is 4.35. The molecule has 0 heterocycles. The Morgan fingerprint density at radius 1 is 1.06 bits per heavy atom. The van der Waals surface area contributed by atoms with Crippen LogP contribution in [0.4, 0.5) is 0 Å². The maximum absolute atomic E-state index is 9.69. The van der Waals surface area contributed by atoms with Crippen LogP contribution in [0, 0.1) is 7.14 Å². The number of hydrogen-bond acceptors (Lipinski definition) is 2. The van der Waals surface area contributed by atoms with Gasteiger partial charge in [-0.1, -0.05) is 39.0 Å². The van der Waals surface area contributed by atoms with E-state index in [1.54, 1.807) is 6.07 Å². The molecule has 0 spiro atoms. The van der Waals surface area contributed by atoms with Crippen molar-refractivity contribution in [3.8, 4) is 11.5 Å². The van der Waals surface area contributed by atoms with Crippen molar-refractivity contribution in [2.75, 3.05) is 6.61 Å². The first-order valence-electron chi connectivity index (χ1n) is 6.46. The molecular formula is C14H20I2O2. The van der Waals surface area contributed by atoms with Crippen molar-refractivity contribution in [2.45, 2.75) is 45.4 Å². The van der Waals surface area contributed by atoms with Crippen LogP contribution in [-0.2, 0) is 0 Å². The van der Waals surface area contributed by atoms with Gasteiger partial charge in [0.25, 0.3) is 0 Å². The van der Waals surface area contributed by atoms with E-state index >= 15 is 0 Å². The Labute approximate surface area is 137 Å². The molecule has 1 rings (SSSR count). The van der Waals surface area contributed by atoms with Crippen LogP contribution in [0.25, 0.3) is 0 Å². The Hall–Kier alpha value is 0.280. The summed E-state index contributed by atoms with van der Waals surface area (Å²) in [6.45, 7) is 2.97. The van der Waals surface area contributed by atoms with Crippen molar-refractivity contribution < 1.29 is 9.84 Å². The number of hydrogen-bond donors (Lipinski definition) is 1. The molecule has 0 aliphatic rings. The summed E-state index contributed by atoms with van der Waals surface area (Å²) in [5.41, 5.74) is 0. The van der Waals surface area contributed by atoms with Crippen LogP contribution in [0.15, 0.2) is 12.1 Å². The van der Waals surface area contributed by atoms with Gasteiger partial charge in [0.15, 0.2) is 0 Å². The van der Waals surface area contributed by atoms with Gasteiger partial charge in [0.05, 0.1) is 10.2 Å². The molecule has 1 N–H and O–H groups in total. The minimum Gasteiger partial charge on any atom is -0.507 e. The monoisotopic (exact) mass is 474 g/mol. The van der Waals surface area contributed by atoms with Gasteiger partial charge in [0.2, 0.25) is 0 Å². The van der Waals surface area contributed by atoms with Crippen LogP contribution in [-0.4, -0.2) is 11.7 Å². The van der Waals surface area contributed by atoms with Crippen LogP contribution >= 0.6 is 45.2 Å². The van der Waals surface area contributed by atoms with E-state index in [4.69, 9.17) is 4.74 Å². The molecule has 0 aliphatic heterocycles. The first-order chi connectivity index (χ1) is 8.65. The molecule has 18 heavy (non-hydrogen) atoms. The van der Waals surface area contributed by atoms with Crippen molar-refractivity contribution in [3.05, 3.63) is 19.3 Å². The fourth-order valence-electron chi connectivity index (χ4n) is 1.72. The van der Waals surface area contributed by atoms with E-state index in [1.807, 2.05) is 6.07 Å². The lowest BCUT2D eigenvalue weighted by Crippen LogP contribution is -1.99. The van der Waals surface area contributed by atoms with Crippen molar-refractivity contribution in [1.82, 2.24) is 0 Å². The molecule has 2 nitrogen and oxygen atoms in total. The predicted molar refractivity (Wildman–Crippen MR) is 92.4 cm³/mol. The Morgan fingerprint density at radius 2 is 1.72 bits per heavy atom. The molecule has 0 aromatic heterocycles.